The lowest BCUT2D eigenvalue weighted by atomic mass is 9.85. The van der Waals surface area contributed by atoms with Crippen LogP contribution in [0.25, 0.3) is 0 Å². The van der Waals surface area contributed by atoms with Gasteiger partial charge in [0.15, 0.2) is 0 Å². The second kappa shape index (κ2) is 5.30. The molecule has 0 fully saturated rings. The average Bonchev–Trinajstić information content (AvgIpc) is 2.26. The molecule has 1 aromatic carbocycles. The molecule has 0 heterocycles. The highest BCUT2D eigenvalue weighted by Crippen LogP contribution is 2.26. The van der Waals surface area contributed by atoms with Crippen LogP contribution in [-0.4, -0.2) is 21.6 Å². The molecule has 0 radical (unpaired) electrons. The van der Waals surface area contributed by atoms with Crippen molar-refractivity contribution in [3.8, 4) is 0 Å². The maximum absolute atomic E-state index is 9.90. The van der Waals surface area contributed by atoms with E-state index >= 15 is 0 Å². The lowest BCUT2D eigenvalue weighted by Crippen LogP contribution is -2.20. The SMILES string of the molecule is CC(C)(C)c1cccc(C(O)C(O)CBr)c1. The number of hydrogen-bond donors (Lipinski definition) is 2. The predicted molar refractivity (Wildman–Crippen MR) is 69.9 cm³/mol. The standard InChI is InChI=1S/C13H19BrO2/c1-13(2,3)10-6-4-5-9(7-10)12(16)11(15)8-14/h4-7,11-12,15-16H,8H2,1-3H3. The van der Waals surface area contributed by atoms with Crippen molar-refractivity contribution in [1.29, 1.82) is 0 Å². The molecule has 0 aliphatic carbocycles. The minimum atomic E-state index is -0.832. The zero-order chi connectivity index (χ0) is 12.3. The summed E-state index contributed by atoms with van der Waals surface area (Å²) in [5.41, 5.74) is 1.97. The van der Waals surface area contributed by atoms with Crippen LogP contribution >= 0.6 is 15.9 Å². The van der Waals surface area contributed by atoms with Gasteiger partial charge in [-0.25, -0.2) is 0 Å². The highest BCUT2D eigenvalue weighted by atomic mass is 79.9. The number of aliphatic hydroxyl groups is 2. The van der Waals surface area contributed by atoms with E-state index in [0.717, 1.165) is 11.1 Å². The van der Waals surface area contributed by atoms with E-state index in [4.69, 9.17) is 0 Å². The van der Waals surface area contributed by atoms with E-state index in [2.05, 4.69) is 36.7 Å². The quantitative estimate of drug-likeness (QED) is 0.839. The van der Waals surface area contributed by atoms with Gasteiger partial charge in [-0.15, -0.1) is 0 Å². The molecular weight excluding hydrogens is 268 g/mol. The molecular formula is C13H19BrO2. The number of rotatable bonds is 3. The Morgan fingerprint density at radius 1 is 1.25 bits per heavy atom. The Kier molecular flexibility index (Phi) is 4.53. The van der Waals surface area contributed by atoms with Gasteiger partial charge in [0.05, 0.1) is 6.10 Å². The first-order valence-electron chi connectivity index (χ1n) is 5.39. The van der Waals surface area contributed by atoms with Gasteiger partial charge in [0, 0.05) is 5.33 Å². The molecule has 90 valence electrons. The Hall–Kier alpha value is -0.380. The van der Waals surface area contributed by atoms with Gasteiger partial charge in [-0.05, 0) is 16.5 Å². The molecule has 0 aromatic heterocycles. The van der Waals surface area contributed by atoms with Gasteiger partial charge in [0.25, 0.3) is 0 Å². The van der Waals surface area contributed by atoms with E-state index in [1.807, 2.05) is 24.3 Å². The fraction of sp³-hybridized carbons (Fsp3) is 0.538. The second-order valence-corrected chi connectivity index (χ2v) is 5.69. The van der Waals surface area contributed by atoms with E-state index in [9.17, 15) is 10.2 Å². The predicted octanol–water partition coefficient (Wildman–Crippen LogP) is 2.77. The first-order valence-corrected chi connectivity index (χ1v) is 6.51. The first-order chi connectivity index (χ1) is 7.36. The van der Waals surface area contributed by atoms with Gasteiger partial charge >= 0.3 is 0 Å². The summed E-state index contributed by atoms with van der Waals surface area (Å²) < 4.78 is 0. The number of hydrogen-bond acceptors (Lipinski definition) is 2. The maximum atomic E-state index is 9.90. The summed E-state index contributed by atoms with van der Waals surface area (Å²) in [6, 6.07) is 7.75. The third-order valence-corrected chi connectivity index (χ3v) is 3.28. The summed E-state index contributed by atoms with van der Waals surface area (Å²) in [4.78, 5) is 0. The molecule has 0 aliphatic rings. The van der Waals surface area contributed by atoms with Gasteiger partial charge in [-0.3, -0.25) is 0 Å². The van der Waals surface area contributed by atoms with Crippen LogP contribution in [0.1, 0.15) is 38.0 Å². The third-order valence-electron chi connectivity index (χ3n) is 2.62. The topological polar surface area (TPSA) is 40.5 Å². The van der Waals surface area contributed by atoms with Crippen molar-refractivity contribution in [3.05, 3.63) is 35.4 Å². The Morgan fingerprint density at radius 2 is 1.88 bits per heavy atom. The maximum Gasteiger partial charge on any atom is 0.106 e. The summed E-state index contributed by atoms with van der Waals surface area (Å²) in [5, 5.41) is 19.8. The molecule has 0 saturated heterocycles. The Labute approximate surface area is 105 Å². The van der Waals surface area contributed by atoms with Crippen LogP contribution in [0.3, 0.4) is 0 Å². The molecule has 0 spiro atoms. The smallest absolute Gasteiger partial charge is 0.106 e. The minimum absolute atomic E-state index is 0.0507. The zero-order valence-corrected chi connectivity index (χ0v) is 11.5. The van der Waals surface area contributed by atoms with Crippen LogP contribution in [0, 0.1) is 0 Å². The van der Waals surface area contributed by atoms with Gasteiger partial charge in [0.2, 0.25) is 0 Å². The molecule has 1 aromatic rings. The first kappa shape index (κ1) is 13.7. The number of benzene rings is 1. The minimum Gasteiger partial charge on any atom is -0.389 e. The lowest BCUT2D eigenvalue weighted by Gasteiger charge is -2.22. The molecule has 0 bridgehead atoms. The number of aliphatic hydroxyl groups excluding tert-OH is 2. The molecule has 1 rings (SSSR count). The Morgan fingerprint density at radius 3 is 2.38 bits per heavy atom. The van der Waals surface area contributed by atoms with E-state index < -0.39 is 12.2 Å². The van der Waals surface area contributed by atoms with E-state index in [1.165, 1.54) is 0 Å². The van der Waals surface area contributed by atoms with E-state index in [1.54, 1.807) is 0 Å². The van der Waals surface area contributed by atoms with Crippen LogP contribution in [0.5, 0.6) is 0 Å². The van der Waals surface area contributed by atoms with Gasteiger partial charge in [0.1, 0.15) is 6.10 Å². The average molecular weight is 287 g/mol. The van der Waals surface area contributed by atoms with Crippen LogP contribution in [0.15, 0.2) is 24.3 Å². The fourth-order valence-corrected chi connectivity index (χ4v) is 1.85. The molecule has 2 unspecified atom stereocenters. The number of alkyl halides is 1. The highest BCUT2D eigenvalue weighted by Gasteiger charge is 2.19. The van der Waals surface area contributed by atoms with Crippen LogP contribution in [-0.2, 0) is 5.41 Å². The van der Waals surface area contributed by atoms with Crippen molar-refractivity contribution in [2.75, 3.05) is 5.33 Å². The van der Waals surface area contributed by atoms with Crippen LogP contribution in [0.4, 0.5) is 0 Å². The lowest BCUT2D eigenvalue weighted by molar-refractivity contribution is 0.0342. The van der Waals surface area contributed by atoms with E-state index in [0.29, 0.717) is 5.33 Å². The third kappa shape index (κ3) is 3.30. The molecule has 3 heteroatoms. The zero-order valence-electron chi connectivity index (χ0n) is 9.94. The Bertz CT molecular complexity index is 344. The van der Waals surface area contributed by atoms with E-state index in [-0.39, 0.29) is 5.41 Å². The molecule has 2 nitrogen and oxygen atoms in total. The summed E-state index contributed by atoms with van der Waals surface area (Å²) in [7, 11) is 0. The highest BCUT2D eigenvalue weighted by molar-refractivity contribution is 9.09. The summed E-state index contributed by atoms with van der Waals surface area (Å²) >= 11 is 3.16. The van der Waals surface area contributed by atoms with Crippen molar-refractivity contribution in [1.82, 2.24) is 0 Å². The number of halogens is 1. The van der Waals surface area contributed by atoms with Crippen molar-refractivity contribution in [2.24, 2.45) is 0 Å². The fourth-order valence-electron chi connectivity index (χ4n) is 1.50. The van der Waals surface area contributed by atoms with Crippen molar-refractivity contribution < 1.29 is 10.2 Å². The van der Waals surface area contributed by atoms with Gasteiger partial charge in [-0.1, -0.05) is 61.0 Å². The second-order valence-electron chi connectivity index (χ2n) is 5.04. The van der Waals surface area contributed by atoms with Crippen molar-refractivity contribution >= 4 is 15.9 Å². The molecule has 0 aliphatic heterocycles. The molecule has 0 amide bonds. The van der Waals surface area contributed by atoms with Crippen LogP contribution < -0.4 is 0 Å². The normalized spacial score (nSPS) is 15.9. The molecule has 2 atom stereocenters. The summed E-state index contributed by atoms with van der Waals surface area (Å²) in [6.07, 6.45) is -1.60. The monoisotopic (exact) mass is 286 g/mol. The summed E-state index contributed by atoms with van der Waals surface area (Å²) in [5.74, 6) is 0. The van der Waals surface area contributed by atoms with Crippen molar-refractivity contribution in [3.63, 3.8) is 0 Å². The summed E-state index contributed by atoms with van der Waals surface area (Å²) in [6.45, 7) is 6.37. The van der Waals surface area contributed by atoms with Gasteiger partial charge in [-0.2, -0.15) is 0 Å². The van der Waals surface area contributed by atoms with Crippen LogP contribution in [0.2, 0.25) is 0 Å². The molecule has 0 saturated carbocycles. The Balaban J connectivity index is 2.99. The largest absolute Gasteiger partial charge is 0.389 e. The molecule has 2 N–H and O–H groups in total. The van der Waals surface area contributed by atoms with Crippen molar-refractivity contribution in [2.45, 2.75) is 38.4 Å². The molecule has 16 heavy (non-hydrogen) atoms. The van der Waals surface area contributed by atoms with Gasteiger partial charge < -0.3 is 10.2 Å².